The molecule has 1 aliphatic rings. The number of pyridine rings is 1. The monoisotopic (exact) mass is 493 g/mol. The van der Waals surface area contributed by atoms with Gasteiger partial charge in [-0.1, -0.05) is 12.1 Å². The molecule has 1 fully saturated rings. The van der Waals surface area contributed by atoms with Crippen LogP contribution in [-0.4, -0.2) is 46.2 Å². The van der Waals surface area contributed by atoms with E-state index in [-0.39, 0.29) is 23.6 Å². The summed E-state index contributed by atoms with van der Waals surface area (Å²) in [6.07, 6.45) is -3.10. The van der Waals surface area contributed by atoms with Crippen LogP contribution >= 0.6 is 0 Å². The molecule has 2 aromatic heterocycles. The minimum atomic E-state index is -4.70. The summed E-state index contributed by atoms with van der Waals surface area (Å²) in [7, 11) is 0. The van der Waals surface area contributed by atoms with Crippen LogP contribution in [0.25, 0.3) is 10.9 Å². The first kappa shape index (κ1) is 23.3. The van der Waals surface area contributed by atoms with Gasteiger partial charge in [-0.05, 0) is 36.4 Å². The lowest BCUT2D eigenvalue weighted by molar-refractivity contribution is -0.137. The van der Waals surface area contributed by atoms with Crippen LogP contribution in [0.15, 0.2) is 54.7 Å². The van der Waals surface area contributed by atoms with E-state index in [1.54, 1.807) is 18.3 Å². The number of para-hydroxylation sites is 1. The highest BCUT2D eigenvalue weighted by Crippen LogP contribution is 2.34. The van der Waals surface area contributed by atoms with Crippen molar-refractivity contribution in [2.24, 2.45) is 0 Å². The normalized spacial score (nSPS) is 13.9. The van der Waals surface area contributed by atoms with Gasteiger partial charge in [-0.25, -0.2) is 0 Å². The second kappa shape index (κ2) is 9.63. The van der Waals surface area contributed by atoms with E-state index in [2.05, 4.69) is 25.3 Å². The zero-order valence-electron chi connectivity index (χ0n) is 18.7. The van der Waals surface area contributed by atoms with Crippen LogP contribution in [0.1, 0.15) is 11.1 Å². The Hall–Kier alpha value is -4.50. The van der Waals surface area contributed by atoms with Gasteiger partial charge < -0.3 is 19.7 Å². The molecule has 0 radical (unpaired) electrons. The van der Waals surface area contributed by atoms with Crippen molar-refractivity contribution in [3.63, 3.8) is 0 Å². The molecule has 0 aliphatic carbocycles. The number of benzene rings is 2. The number of aromatic nitrogens is 4. The highest BCUT2D eigenvalue weighted by Gasteiger charge is 2.34. The number of hydrogen-bond donors (Lipinski definition) is 1. The van der Waals surface area contributed by atoms with Crippen molar-refractivity contribution in [2.45, 2.75) is 6.18 Å². The summed E-state index contributed by atoms with van der Waals surface area (Å²) < 4.78 is 51.7. The van der Waals surface area contributed by atoms with Gasteiger partial charge in [-0.2, -0.15) is 33.4 Å². The molecular formula is C24H18F3N7O2. The van der Waals surface area contributed by atoms with Crippen molar-refractivity contribution in [1.82, 2.24) is 19.9 Å². The lowest BCUT2D eigenvalue weighted by Gasteiger charge is -2.27. The highest BCUT2D eigenvalue weighted by molar-refractivity contribution is 5.84. The van der Waals surface area contributed by atoms with Gasteiger partial charge in [0.15, 0.2) is 0 Å². The van der Waals surface area contributed by atoms with Crippen molar-refractivity contribution < 1.29 is 22.6 Å². The molecule has 12 heteroatoms. The van der Waals surface area contributed by atoms with Gasteiger partial charge in [0.2, 0.25) is 11.9 Å². The van der Waals surface area contributed by atoms with Crippen molar-refractivity contribution in [3.05, 3.63) is 65.9 Å². The number of morpholine rings is 1. The van der Waals surface area contributed by atoms with E-state index in [1.165, 1.54) is 6.07 Å². The standard InChI is InChI=1S/C24H18F3N7O2/c25-24(26,27)18-13-16(6-5-15(18)14-28)30-21-31-22(34-9-11-35-12-10-34)33-23(32-21)36-20-7-8-29-19-4-2-1-3-17(19)20/h1-8,13H,9-12H2,(H,30,31,32,33). The molecule has 1 aliphatic heterocycles. The second-order valence-corrected chi connectivity index (χ2v) is 7.76. The van der Waals surface area contributed by atoms with E-state index < -0.39 is 17.3 Å². The fraction of sp³-hybridized carbons (Fsp3) is 0.208. The lowest BCUT2D eigenvalue weighted by Crippen LogP contribution is -2.37. The van der Waals surface area contributed by atoms with Gasteiger partial charge in [0, 0.05) is 30.4 Å². The van der Waals surface area contributed by atoms with Crippen molar-refractivity contribution in [3.8, 4) is 17.8 Å². The van der Waals surface area contributed by atoms with Crippen LogP contribution in [-0.2, 0) is 10.9 Å². The zero-order valence-corrected chi connectivity index (χ0v) is 18.7. The number of rotatable bonds is 5. The Morgan fingerprint density at radius 2 is 1.83 bits per heavy atom. The molecule has 0 saturated carbocycles. The molecule has 1 saturated heterocycles. The minimum absolute atomic E-state index is 0.0160. The van der Waals surface area contributed by atoms with Crippen LogP contribution in [0.3, 0.4) is 0 Å². The first-order valence-corrected chi connectivity index (χ1v) is 10.9. The summed E-state index contributed by atoms with van der Waals surface area (Å²) in [5.41, 5.74) is -0.766. The maximum Gasteiger partial charge on any atom is 0.417 e. The summed E-state index contributed by atoms with van der Waals surface area (Å²) in [5, 5.41) is 12.6. The third kappa shape index (κ3) is 4.96. The third-order valence-corrected chi connectivity index (χ3v) is 5.41. The average molecular weight is 493 g/mol. The summed E-state index contributed by atoms with van der Waals surface area (Å²) >= 11 is 0. The topological polar surface area (TPSA) is 109 Å². The molecule has 4 aromatic rings. The van der Waals surface area contributed by atoms with Gasteiger partial charge in [-0.15, -0.1) is 0 Å². The number of nitrogens with zero attached hydrogens (tertiary/aromatic N) is 6. The molecule has 0 amide bonds. The van der Waals surface area contributed by atoms with Crippen LogP contribution in [0.2, 0.25) is 0 Å². The van der Waals surface area contributed by atoms with E-state index in [0.29, 0.717) is 37.6 Å². The molecule has 0 bridgehead atoms. The Morgan fingerprint density at radius 3 is 2.61 bits per heavy atom. The number of hydrogen-bond acceptors (Lipinski definition) is 9. The molecule has 1 N–H and O–H groups in total. The number of nitrogens with one attached hydrogen (secondary N) is 1. The maximum absolute atomic E-state index is 13.4. The van der Waals surface area contributed by atoms with Gasteiger partial charge >= 0.3 is 12.2 Å². The summed E-state index contributed by atoms with van der Waals surface area (Å²) in [6.45, 7) is 2.00. The van der Waals surface area contributed by atoms with Crippen molar-refractivity contribution in [2.75, 3.05) is 36.5 Å². The largest absolute Gasteiger partial charge is 0.423 e. The van der Waals surface area contributed by atoms with Gasteiger partial charge in [0.1, 0.15) is 5.75 Å². The van der Waals surface area contributed by atoms with Crippen LogP contribution in [0.4, 0.5) is 30.8 Å². The quantitative estimate of drug-likeness (QED) is 0.424. The first-order valence-electron chi connectivity index (χ1n) is 10.9. The molecule has 0 atom stereocenters. The number of fused-ring (bicyclic) bond motifs is 1. The predicted octanol–water partition coefficient (Wildman–Crippen LogP) is 4.68. The predicted molar refractivity (Wildman–Crippen MR) is 124 cm³/mol. The first-order chi connectivity index (χ1) is 17.4. The van der Waals surface area contributed by atoms with Crippen LogP contribution < -0.4 is 15.0 Å². The maximum atomic E-state index is 13.4. The molecule has 182 valence electrons. The average Bonchev–Trinajstić information content (AvgIpc) is 2.89. The Kier molecular flexibility index (Phi) is 6.22. The zero-order chi connectivity index (χ0) is 25.1. The fourth-order valence-corrected chi connectivity index (χ4v) is 3.69. The Bertz CT molecular complexity index is 1440. The van der Waals surface area contributed by atoms with E-state index >= 15 is 0 Å². The Morgan fingerprint density at radius 1 is 1.03 bits per heavy atom. The number of nitriles is 1. The SMILES string of the molecule is N#Cc1ccc(Nc2nc(Oc3ccnc4ccccc34)nc(N3CCOCC3)n2)cc1C(F)(F)F. The molecular weight excluding hydrogens is 475 g/mol. The molecule has 3 heterocycles. The molecule has 5 rings (SSSR count). The summed E-state index contributed by atoms with van der Waals surface area (Å²) in [4.78, 5) is 19.3. The fourth-order valence-electron chi connectivity index (χ4n) is 3.69. The number of anilines is 3. The van der Waals surface area contributed by atoms with Gasteiger partial charge in [0.05, 0.1) is 35.9 Å². The Labute approximate surface area is 203 Å². The molecule has 9 nitrogen and oxygen atoms in total. The van der Waals surface area contributed by atoms with Crippen molar-refractivity contribution in [1.29, 1.82) is 5.26 Å². The van der Waals surface area contributed by atoms with Crippen LogP contribution in [0.5, 0.6) is 11.8 Å². The number of halogens is 3. The van der Waals surface area contributed by atoms with Crippen molar-refractivity contribution >= 4 is 28.5 Å². The highest BCUT2D eigenvalue weighted by atomic mass is 19.4. The third-order valence-electron chi connectivity index (χ3n) is 5.41. The van der Waals surface area contributed by atoms with E-state index in [9.17, 15) is 13.2 Å². The number of ether oxygens (including phenoxy) is 2. The summed E-state index contributed by atoms with van der Waals surface area (Å²) in [6, 6.07) is 13.9. The molecule has 0 spiro atoms. The lowest BCUT2D eigenvalue weighted by atomic mass is 10.1. The minimum Gasteiger partial charge on any atom is -0.423 e. The molecule has 0 unspecified atom stereocenters. The second-order valence-electron chi connectivity index (χ2n) is 7.76. The smallest absolute Gasteiger partial charge is 0.417 e. The van der Waals surface area contributed by atoms with E-state index in [0.717, 1.165) is 17.5 Å². The molecule has 2 aromatic carbocycles. The number of alkyl halides is 3. The van der Waals surface area contributed by atoms with E-state index in [1.807, 2.05) is 29.2 Å². The molecule has 36 heavy (non-hydrogen) atoms. The Balaban J connectivity index is 1.52. The van der Waals surface area contributed by atoms with Gasteiger partial charge in [-0.3, -0.25) is 4.98 Å². The van der Waals surface area contributed by atoms with Gasteiger partial charge in [0.25, 0.3) is 0 Å². The van der Waals surface area contributed by atoms with E-state index in [4.69, 9.17) is 14.7 Å². The van der Waals surface area contributed by atoms with Crippen LogP contribution in [0, 0.1) is 11.3 Å². The summed E-state index contributed by atoms with van der Waals surface area (Å²) in [5.74, 6) is 0.731.